The number of rotatable bonds is 4. The third-order valence-electron chi connectivity index (χ3n) is 3.75. The second-order valence-corrected chi connectivity index (χ2v) is 5.56. The molecule has 0 aromatic heterocycles. The lowest BCUT2D eigenvalue weighted by molar-refractivity contribution is -0.117. The fourth-order valence-corrected chi connectivity index (χ4v) is 2.55. The summed E-state index contributed by atoms with van der Waals surface area (Å²) in [6.45, 7) is 2.05. The minimum Gasteiger partial charge on any atom is -0.281 e. The third kappa shape index (κ3) is 3.67. The summed E-state index contributed by atoms with van der Waals surface area (Å²) in [5, 5.41) is 0. The lowest BCUT2D eigenvalue weighted by Gasteiger charge is -2.23. The molecule has 0 N–H and O–H groups in total. The van der Waals surface area contributed by atoms with Crippen molar-refractivity contribution >= 4 is 17.3 Å². The number of aryl methyl sites for hydroxylation is 1. The van der Waals surface area contributed by atoms with E-state index in [0.717, 1.165) is 16.9 Å². The number of nitrogens with zero attached hydrogens (tertiary/aromatic N) is 1. The first kappa shape index (κ1) is 15.0. The van der Waals surface area contributed by atoms with Gasteiger partial charge < -0.3 is 0 Å². The summed E-state index contributed by atoms with van der Waals surface area (Å²) in [7, 11) is 0. The van der Waals surface area contributed by atoms with Crippen molar-refractivity contribution in [2.75, 3.05) is 4.90 Å². The minimum atomic E-state index is 0.0613. The van der Waals surface area contributed by atoms with Crippen LogP contribution in [0.2, 0.25) is 0 Å². The van der Waals surface area contributed by atoms with Gasteiger partial charge in [0.1, 0.15) is 0 Å². The Kier molecular flexibility index (Phi) is 4.53. The maximum atomic E-state index is 12.9. The molecule has 0 unspecified atom stereocenters. The summed E-state index contributed by atoms with van der Waals surface area (Å²) >= 11 is 0. The standard InChI is InChI=1S/C21H19NO/c1-17-12-14-18(15-13-17)16-21(23)22(19-8-4-2-5-9-19)20-10-6-3-7-11-20/h2-15H,16H2,1H3. The Morgan fingerprint density at radius 1 is 0.739 bits per heavy atom. The van der Waals surface area contributed by atoms with Gasteiger partial charge >= 0.3 is 0 Å². The lowest BCUT2D eigenvalue weighted by Crippen LogP contribution is -2.27. The molecule has 0 aliphatic heterocycles. The predicted molar refractivity (Wildman–Crippen MR) is 94.9 cm³/mol. The zero-order valence-corrected chi connectivity index (χ0v) is 13.1. The van der Waals surface area contributed by atoms with Crippen molar-refractivity contribution in [3.63, 3.8) is 0 Å². The van der Waals surface area contributed by atoms with Gasteiger partial charge in [-0.2, -0.15) is 0 Å². The van der Waals surface area contributed by atoms with Crippen molar-refractivity contribution in [3.05, 3.63) is 96.1 Å². The van der Waals surface area contributed by atoms with Crippen molar-refractivity contribution in [2.45, 2.75) is 13.3 Å². The van der Waals surface area contributed by atoms with Gasteiger partial charge in [-0.15, -0.1) is 0 Å². The molecule has 3 aromatic rings. The molecule has 0 aliphatic carbocycles. The van der Waals surface area contributed by atoms with Crippen LogP contribution >= 0.6 is 0 Å². The van der Waals surface area contributed by atoms with Crippen LogP contribution in [0, 0.1) is 6.92 Å². The number of carbonyl (C=O) groups is 1. The molecule has 0 spiro atoms. The van der Waals surface area contributed by atoms with Gasteiger partial charge in [0.05, 0.1) is 6.42 Å². The largest absolute Gasteiger partial charge is 0.281 e. The molecule has 3 rings (SSSR count). The molecule has 0 heterocycles. The van der Waals surface area contributed by atoms with E-state index < -0.39 is 0 Å². The van der Waals surface area contributed by atoms with Gasteiger partial charge in [-0.3, -0.25) is 9.69 Å². The first-order valence-electron chi connectivity index (χ1n) is 7.72. The number of benzene rings is 3. The van der Waals surface area contributed by atoms with E-state index in [1.54, 1.807) is 4.90 Å². The van der Waals surface area contributed by atoms with Crippen molar-refractivity contribution in [3.8, 4) is 0 Å². The fourth-order valence-electron chi connectivity index (χ4n) is 2.55. The molecule has 1 amide bonds. The molecule has 3 aromatic carbocycles. The molecule has 2 heteroatoms. The SMILES string of the molecule is Cc1ccc(CC(=O)N(c2ccccc2)c2ccccc2)cc1. The van der Waals surface area contributed by atoms with Crippen LogP contribution in [-0.4, -0.2) is 5.91 Å². The van der Waals surface area contributed by atoms with E-state index >= 15 is 0 Å². The number of hydrogen-bond donors (Lipinski definition) is 0. The Morgan fingerprint density at radius 3 is 1.70 bits per heavy atom. The Labute approximate surface area is 137 Å². The fraction of sp³-hybridized carbons (Fsp3) is 0.0952. The van der Waals surface area contributed by atoms with E-state index in [4.69, 9.17) is 0 Å². The van der Waals surface area contributed by atoms with Gasteiger partial charge in [0, 0.05) is 11.4 Å². The van der Waals surface area contributed by atoms with E-state index in [0.29, 0.717) is 6.42 Å². The number of carbonyl (C=O) groups excluding carboxylic acids is 1. The average Bonchev–Trinajstić information content (AvgIpc) is 2.59. The molecule has 0 atom stereocenters. The second-order valence-electron chi connectivity index (χ2n) is 5.56. The Hall–Kier alpha value is -2.87. The Bertz CT molecular complexity index is 724. The quantitative estimate of drug-likeness (QED) is 0.671. The van der Waals surface area contributed by atoms with E-state index in [2.05, 4.69) is 0 Å². The highest BCUT2D eigenvalue weighted by Gasteiger charge is 2.17. The maximum absolute atomic E-state index is 12.9. The van der Waals surface area contributed by atoms with Gasteiger partial charge in [-0.25, -0.2) is 0 Å². The highest BCUT2D eigenvalue weighted by Crippen LogP contribution is 2.26. The van der Waals surface area contributed by atoms with E-state index in [1.807, 2.05) is 91.9 Å². The van der Waals surface area contributed by atoms with Crippen LogP contribution in [-0.2, 0) is 11.2 Å². The van der Waals surface area contributed by atoms with E-state index in [-0.39, 0.29) is 5.91 Å². The van der Waals surface area contributed by atoms with Gasteiger partial charge in [-0.1, -0.05) is 66.2 Å². The first-order valence-corrected chi connectivity index (χ1v) is 7.72. The normalized spacial score (nSPS) is 10.3. The summed E-state index contributed by atoms with van der Waals surface area (Å²) in [6.07, 6.45) is 0.379. The third-order valence-corrected chi connectivity index (χ3v) is 3.75. The van der Waals surface area contributed by atoms with Crippen LogP contribution in [0.3, 0.4) is 0 Å². The molecule has 114 valence electrons. The predicted octanol–water partition coefficient (Wildman–Crippen LogP) is 4.90. The van der Waals surface area contributed by atoms with Crippen LogP contribution in [0.15, 0.2) is 84.9 Å². The molecule has 0 radical (unpaired) electrons. The highest BCUT2D eigenvalue weighted by atomic mass is 16.2. The van der Waals surface area contributed by atoms with Crippen molar-refractivity contribution in [2.24, 2.45) is 0 Å². The van der Waals surface area contributed by atoms with Crippen molar-refractivity contribution < 1.29 is 4.79 Å². The van der Waals surface area contributed by atoms with E-state index in [1.165, 1.54) is 5.56 Å². The van der Waals surface area contributed by atoms with Gasteiger partial charge in [0.25, 0.3) is 0 Å². The molecular weight excluding hydrogens is 282 g/mol. The summed E-state index contributed by atoms with van der Waals surface area (Å²) in [6, 6.07) is 27.6. The van der Waals surface area contributed by atoms with Crippen LogP contribution in [0.1, 0.15) is 11.1 Å². The Morgan fingerprint density at radius 2 is 1.22 bits per heavy atom. The number of para-hydroxylation sites is 2. The molecule has 0 bridgehead atoms. The van der Waals surface area contributed by atoms with Crippen molar-refractivity contribution in [1.29, 1.82) is 0 Å². The molecule has 2 nitrogen and oxygen atoms in total. The number of amides is 1. The smallest absolute Gasteiger partial charge is 0.235 e. The first-order chi connectivity index (χ1) is 11.2. The number of anilines is 2. The topological polar surface area (TPSA) is 20.3 Å². The molecule has 23 heavy (non-hydrogen) atoms. The van der Waals surface area contributed by atoms with Gasteiger partial charge in [0.2, 0.25) is 5.91 Å². The molecule has 0 aliphatic rings. The summed E-state index contributed by atoms with van der Waals surface area (Å²) in [5.41, 5.74) is 3.99. The zero-order chi connectivity index (χ0) is 16.1. The summed E-state index contributed by atoms with van der Waals surface area (Å²) < 4.78 is 0. The average molecular weight is 301 g/mol. The van der Waals surface area contributed by atoms with Gasteiger partial charge in [-0.05, 0) is 36.8 Å². The van der Waals surface area contributed by atoms with E-state index in [9.17, 15) is 4.79 Å². The highest BCUT2D eigenvalue weighted by molar-refractivity contribution is 6.01. The molecular formula is C21H19NO. The lowest BCUT2D eigenvalue weighted by atomic mass is 10.1. The van der Waals surface area contributed by atoms with Crippen LogP contribution in [0.5, 0.6) is 0 Å². The summed E-state index contributed by atoms with van der Waals surface area (Å²) in [5.74, 6) is 0.0613. The molecule has 0 saturated carbocycles. The van der Waals surface area contributed by atoms with Crippen LogP contribution in [0.4, 0.5) is 11.4 Å². The van der Waals surface area contributed by atoms with Crippen LogP contribution in [0.25, 0.3) is 0 Å². The Balaban J connectivity index is 1.92. The van der Waals surface area contributed by atoms with Gasteiger partial charge in [0.15, 0.2) is 0 Å². The minimum absolute atomic E-state index is 0.0613. The molecule has 0 fully saturated rings. The van der Waals surface area contributed by atoms with Crippen LogP contribution < -0.4 is 4.90 Å². The number of hydrogen-bond acceptors (Lipinski definition) is 1. The van der Waals surface area contributed by atoms with Crippen molar-refractivity contribution in [1.82, 2.24) is 0 Å². The monoisotopic (exact) mass is 301 g/mol. The zero-order valence-electron chi connectivity index (χ0n) is 13.1. The summed E-state index contributed by atoms with van der Waals surface area (Å²) in [4.78, 5) is 14.7. The molecule has 0 saturated heterocycles. The maximum Gasteiger partial charge on any atom is 0.235 e. The second kappa shape index (κ2) is 6.93.